The standard InChI is InChI=1S/C19H14BrN5O/c20-15-3-1-2-13(10-15)11-19(26)22-16-6-4-14(5-7-16)17-8-9-18-23-21-12-25(18)24-17/h1-10,12H,11H2,(H,22,26). The van der Waals surface area contributed by atoms with Gasteiger partial charge < -0.3 is 5.32 Å². The molecule has 0 saturated carbocycles. The number of benzene rings is 2. The van der Waals surface area contributed by atoms with E-state index in [2.05, 4.69) is 36.5 Å². The van der Waals surface area contributed by atoms with Gasteiger partial charge in [0, 0.05) is 15.7 Å². The van der Waals surface area contributed by atoms with E-state index in [9.17, 15) is 4.79 Å². The second kappa shape index (κ2) is 7.05. The van der Waals surface area contributed by atoms with Gasteiger partial charge in [0.2, 0.25) is 5.91 Å². The van der Waals surface area contributed by atoms with Crippen molar-refractivity contribution < 1.29 is 4.79 Å². The van der Waals surface area contributed by atoms with Crippen molar-refractivity contribution in [1.82, 2.24) is 19.8 Å². The summed E-state index contributed by atoms with van der Waals surface area (Å²) in [6, 6.07) is 19.1. The predicted octanol–water partition coefficient (Wildman–Crippen LogP) is 3.74. The van der Waals surface area contributed by atoms with Crippen molar-refractivity contribution in [3.8, 4) is 11.3 Å². The molecule has 128 valence electrons. The number of halogens is 1. The lowest BCUT2D eigenvalue weighted by molar-refractivity contribution is -0.115. The number of fused-ring (bicyclic) bond motifs is 1. The highest BCUT2D eigenvalue weighted by Crippen LogP contribution is 2.20. The molecule has 0 radical (unpaired) electrons. The number of anilines is 1. The summed E-state index contributed by atoms with van der Waals surface area (Å²) in [5, 5.41) is 15.1. The number of hydrogen-bond donors (Lipinski definition) is 1. The van der Waals surface area contributed by atoms with Gasteiger partial charge in [0.25, 0.3) is 0 Å². The molecule has 0 bridgehead atoms. The predicted molar refractivity (Wildman–Crippen MR) is 103 cm³/mol. The molecule has 4 rings (SSSR count). The van der Waals surface area contributed by atoms with Crippen LogP contribution in [0.1, 0.15) is 5.56 Å². The Morgan fingerprint density at radius 2 is 1.92 bits per heavy atom. The first-order valence-electron chi connectivity index (χ1n) is 7.99. The molecule has 0 spiro atoms. The fourth-order valence-corrected chi connectivity index (χ4v) is 3.09. The summed E-state index contributed by atoms with van der Waals surface area (Å²) in [7, 11) is 0. The number of nitrogens with zero attached hydrogens (tertiary/aromatic N) is 4. The van der Waals surface area contributed by atoms with Gasteiger partial charge in [0.1, 0.15) is 6.33 Å². The maximum Gasteiger partial charge on any atom is 0.228 e. The fraction of sp³-hybridized carbons (Fsp3) is 0.0526. The quantitative estimate of drug-likeness (QED) is 0.559. The van der Waals surface area contributed by atoms with Crippen LogP contribution in [0.25, 0.3) is 16.9 Å². The monoisotopic (exact) mass is 407 g/mol. The lowest BCUT2D eigenvalue weighted by Crippen LogP contribution is -2.14. The molecule has 0 atom stereocenters. The van der Waals surface area contributed by atoms with Gasteiger partial charge in [-0.3, -0.25) is 4.79 Å². The Morgan fingerprint density at radius 3 is 2.73 bits per heavy atom. The molecule has 1 N–H and O–H groups in total. The number of amides is 1. The average Bonchev–Trinajstić information content (AvgIpc) is 3.10. The third-order valence-corrected chi connectivity index (χ3v) is 4.37. The van der Waals surface area contributed by atoms with Gasteiger partial charge in [-0.25, -0.2) is 0 Å². The van der Waals surface area contributed by atoms with Gasteiger partial charge in [-0.05, 0) is 42.0 Å². The van der Waals surface area contributed by atoms with Gasteiger partial charge in [0.15, 0.2) is 5.65 Å². The van der Waals surface area contributed by atoms with E-state index < -0.39 is 0 Å². The van der Waals surface area contributed by atoms with Crippen molar-refractivity contribution in [3.05, 3.63) is 77.0 Å². The SMILES string of the molecule is O=C(Cc1cccc(Br)c1)Nc1ccc(-c2ccc3nncn3n2)cc1. The van der Waals surface area contributed by atoms with Crippen LogP contribution in [-0.4, -0.2) is 25.7 Å². The van der Waals surface area contributed by atoms with Crippen molar-refractivity contribution in [2.45, 2.75) is 6.42 Å². The second-order valence-corrected chi connectivity index (χ2v) is 6.70. The third-order valence-electron chi connectivity index (χ3n) is 3.88. The summed E-state index contributed by atoms with van der Waals surface area (Å²) in [5.41, 5.74) is 4.17. The molecule has 0 aliphatic heterocycles. The number of carbonyl (C=O) groups is 1. The summed E-state index contributed by atoms with van der Waals surface area (Å²) in [6.45, 7) is 0. The van der Waals surface area contributed by atoms with Crippen LogP contribution >= 0.6 is 15.9 Å². The van der Waals surface area contributed by atoms with Crippen molar-refractivity contribution >= 4 is 33.2 Å². The smallest absolute Gasteiger partial charge is 0.228 e. The lowest BCUT2D eigenvalue weighted by Gasteiger charge is -2.07. The summed E-state index contributed by atoms with van der Waals surface area (Å²) in [4.78, 5) is 12.2. The molecule has 6 nitrogen and oxygen atoms in total. The number of rotatable bonds is 4. The van der Waals surface area contributed by atoms with E-state index in [1.807, 2.05) is 60.7 Å². The first kappa shape index (κ1) is 16.4. The molecule has 0 aliphatic carbocycles. The molecule has 1 amide bonds. The zero-order valence-corrected chi connectivity index (χ0v) is 15.2. The molecule has 2 aromatic heterocycles. The second-order valence-electron chi connectivity index (χ2n) is 5.78. The fourth-order valence-electron chi connectivity index (χ4n) is 2.64. The molecule has 2 aromatic carbocycles. The van der Waals surface area contributed by atoms with E-state index in [0.717, 1.165) is 27.0 Å². The van der Waals surface area contributed by atoms with E-state index >= 15 is 0 Å². The van der Waals surface area contributed by atoms with Crippen molar-refractivity contribution in [1.29, 1.82) is 0 Å². The van der Waals surface area contributed by atoms with Crippen molar-refractivity contribution in [2.24, 2.45) is 0 Å². The van der Waals surface area contributed by atoms with E-state index in [-0.39, 0.29) is 5.91 Å². The van der Waals surface area contributed by atoms with Crippen LogP contribution in [-0.2, 0) is 11.2 Å². The largest absolute Gasteiger partial charge is 0.326 e. The van der Waals surface area contributed by atoms with Gasteiger partial charge in [-0.1, -0.05) is 40.2 Å². The van der Waals surface area contributed by atoms with Crippen LogP contribution in [0.4, 0.5) is 5.69 Å². The molecule has 7 heteroatoms. The number of aromatic nitrogens is 4. The van der Waals surface area contributed by atoms with E-state index in [4.69, 9.17) is 0 Å². The lowest BCUT2D eigenvalue weighted by atomic mass is 10.1. The minimum absolute atomic E-state index is 0.0557. The Labute approximate surface area is 158 Å². The van der Waals surface area contributed by atoms with E-state index in [1.54, 1.807) is 10.8 Å². The molecular weight excluding hydrogens is 394 g/mol. The van der Waals surface area contributed by atoms with E-state index in [0.29, 0.717) is 12.1 Å². The van der Waals surface area contributed by atoms with E-state index in [1.165, 1.54) is 0 Å². The highest BCUT2D eigenvalue weighted by atomic mass is 79.9. The van der Waals surface area contributed by atoms with Crippen molar-refractivity contribution in [3.63, 3.8) is 0 Å². The molecular formula is C19H14BrN5O. The molecule has 0 saturated heterocycles. The van der Waals surface area contributed by atoms with Crippen LogP contribution in [0.15, 0.2) is 71.5 Å². The molecule has 0 fully saturated rings. The van der Waals surface area contributed by atoms with Crippen LogP contribution in [0.5, 0.6) is 0 Å². The summed E-state index contributed by atoms with van der Waals surface area (Å²) >= 11 is 3.41. The Balaban J connectivity index is 1.46. The Bertz CT molecular complexity index is 1070. The van der Waals surface area contributed by atoms with Gasteiger partial charge in [0.05, 0.1) is 12.1 Å². The first-order chi connectivity index (χ1) is 12.7. The van der Waals surface area contributed by atoms with Gasteiger partial charge in [-0.2, -0.15) is 9.61 Å². The third kappa shape index (κ3) is 3.62. The minimum atomic E-state index is -0.0557. The highest BCUT2D eigenvalue weighted by Gasteiger charge is 2.06. The summed E-state index contributed by atoms with van der Waals surface area (Å²) < 4.78 is 2.59. The Morgan fingerprint density at radius 1 is 1.08 bits per heavy atom. The maximum atomic E-state index is 12.2. The average molecular weight is 408 g/mol. The summed E-state index contributed by atoms with van der Waals surface area (Å²) in [6.07, 6.45) is 1.89. The van der Waals surface area contributed by atoms with Crippen LogP contribution < -0.4 is 5.32 Å². The summed E-state index contributed by atoms with van der Waals surface area (Å²) in [5.74, 6) is -0.0557. The van der Waals surface area contributed by atoms with Gasteiger partial charge >= 0.3 is 0 Å². The Kier molecular flexibility index (Phi) is 4.45. The van der Waals surface area contributed by atoms with Crippen LogP contribution in [0, 0.1) is 0 Å². The highest BCUT2D eigenvalue weighted by molar-refractivity contribution is 9.10. The molecule has 0 unspecified atom stereocenters. The van der Waals surface area contributed by atoms with Crippen molar-refractivity contribution in [2.75, 3.05) is 5.32 Å². The van der Waals surface area contributed by atoms with Crippen LogP contribution in [0.2, 0.25) is 0 Å². The number of carbonyl (C=O) groups excluding carboxylic acids is 1. The first-order valence-corrected chi connectivity index (χ1v) is 8.78. The minimum Gasteiger partial charge on any atom is -0.326 e. The molecule has 26 heavy (non-hydrogen) atoms. The topological polar surface area (TPSA) is 72.2 Å². The maximum absolute atomic E-state index is 12.2. The molecule has 2 heterocycles. The Hall–Kier alpha value is -3.06. The molecule has 4 aromatic rings. The number of hydrogen-bond acceptors (Lipinski definition) is 4. The van der Waals surface area contributed by atoms with Gasteiger partial charge in [-0.15, -0.1) is 10.2 Å². The zero-order chi connectivity index (χ0) is 17.9. The zero-order valence-electron chi connectivity index (χ0n) is 13.6. The number of nitrogens with one attached hydrogen (secondary N) is 1. The molecule has 0 aliphatic rings. The normalized spacial score (nSPS) is 10.8. The van der Waals surface area contributed by atoms with Crippen LogP contribution in [0.3, 0.4) is 0 Å².